The standard InChI is InChI=1S/C15H20N2OS/c1-3-18-15(12-7-5-4-6-8-12)14(16)9-13-10-19-11(2)17-13/h4-8,10,14-15H,3,9,16H2,1-2H3. The Morgan fingerprint density at radius 2 is 2.05 bits per heavy atom. The van der Waals surface area contributed by atoms with Crippen LogP contribution < -0.4 is 5.73 Å². The quantitative estimate of drug-likeness (QED) is 0.882. The Balaban J connectivity index is 2.10. The van der Waals surface area contributed by atoms with Crippen LogP contribution >= 0.6 is 11.3 Å². The summed E-state index contributed by atoms with van der Waals surface area (Å²) >= 11 is 1.66. The first-order chi connectivity index (χ1) is 9.20. The number of thiazole rings is 1. The van der Waals surface area contributed by atoms with Crippen LogP contribution in [0, 0.1) is 6.92 Å². The van der Waals surface area contributed by atoms with Crippen molar-refractivity contribution >= 4 is 11.3 Å². The van der Waals surface area contributed by atoms with Crippen LogP contribution in [0.5, 0.6) is 0 Å². The second kappa shape index (κ2) is 6.80. The molecule has 19 heavy (non-hydrogen) atoms. The molecule has 2 unspecified atom stereocenters. The second-order valence-electron chi connectivity index (χ2n) is 4.51. The van der Waals surface area contributed by atoms with Crippen molar-refractivity contribution in [2.75, 3.05) is 6.61 Å². The van der Waals surface area contributed by atoms with Gasteiger partial charge in [-0.05, 0) is 19.4 Å². The van der Waals surface area contributed by atoms with Crippen molar-refractivity contribution in [2.24, 2.45) is 5.73 Å². The number of rotatable bonds is 6. The Kier molecular flexibility index (Phi) is 5.07. The number of ether oxygens (including phenoxy) is 1. The number of nitrogens with two attached hydrogens (primary N) is 1. The van der Waals surface area contributed by atoms with Gasteiger partial charge in [0.1, 0.15) is 0 Å². The molecule has 0 fully saturated rings. The Labute approximate surface area is 118 Å². The molecule has 1 heterocycles. The molecular weight excluding hydrogens is 256 g/mol. The molecule has 2 N–H and O–H groups in total. The summed E-state index contributed by atoms with van der Waals surface area (Å²) in [6.45, 7) is 4.66. The number of hydrogen-bond acceptors (Lipinski definition) is 4. The number of hydrogen-bond donors (Lipinski definition) is 1. The molecule has 1 aromatic heterocycles. The van der Waals surface area contributed by atoms with E-state index in [-0.39, 0.29) is 12.1 Å². The average Bonchev–Trinajstić information content (AvgIpc) is 2.82. The van der Waals surface area contributed by atoms with Gasteiger partial charge in [0.2, 0.25) is 0 Å². The monoisotopic (exact) mass is 276 g/mol. The molecule has 0 amide bonds. The van der Waals surface area contributed by atoms with Crippen LogP contribution in [-0.4, -0.2) is 17.6 Å². The van der Waals surface area contributed by atoms with Crippen LogP contribution in [-0.2, 0) is 11.2 Å². The van der Waals surface area contributed by atoms with Crippen molar-refractivity contribution in [3.8, 4) is 0 Å². The molecule has 0 saturated heterocycles. The Morgan fingerprint density at radius 3 is 2.63 bits per heavy atom. The van der Waals surface area contributed by atoms with Crippen molar-refractivity contribution in [1.29, 1.82) is 0 Å². The summed E-state index contributed by atoms with van der Waals surface area (Å²) in [5.74, 6) is 0. The van der Waals surface area contributed by atoms with Gasteiger partial charge in [0, 0.05) is 24.4 Å². The third-order valence-corrected chi connectivity index (χ3v) is 3.80. The first kappa shape index (κ1) is 14.2. The fourth-order valence-corrected chi connectivity index (χ4v) is 2.77. The van der Waals surface area contributed by atoms with Gasteiger partial charge in [0.05, 0.1) is 16.8 Å². The normalized spacial score (nSPS) is 14.3. The van der Waals surface area contributed by atoms with Gasteiger partial charge in [-0.1, -0.05) is 30.3 Å². The van der Waals surface area contributed by atoms with Gasteiger partial charge in [0.15, 0.2) is 0 Å². The lowest BCUT2D eigenvalue weighted by Crippen LogP contribution is -2.32. The molecule has 2 atom stereocenters. The van der Waals surface area contributed by atoms with Crippen molar-refractivity contribution < 1.29 is 4.74 Å². The molecule has 0 aliphatic rings. The summed E-state index contributed by atoms with van der Waals surface area (Å²) in [5, 5.41) is 3.15. The highest BCUT2D eigenvalue weighted by Gasteiger charge is 2.21. The van der Waals surface area contributed by atoms with E-state index in [0.29, 0.717) is 6.61 Å². The van der Waals surface area contributed by atoms with E-state index in [9.17, 15) is 0 Å². The highest BCUT2D eigenvalue weighted by molar-refractivity contribution is 7.09. The van der Waals surface area contributed by atoms with E-state index in [2.05, 4.69) is 22.5 Å². The minimum atomic E-state index is -0.0798. The molecule has 102 valence electrons. The third-order valence-electron chi connectivity index (χ3n) is 2.97. The van der Waals surface area contributed by atoms with Crippen LogP contribution in [0.3, 0.4) is 0 Å². The number of aromatic nitrogens is 1. The summed E-state index contributed by atoms with van der Waals surface area (Å²) in [5.41, 5.74) is 8.50. The van der Waals surface area contributed by atoms with Gasteiger partial charge >= 0.3 is 0 Å². The van der Waals surface area contributed by atoms with Crippen LogP contribution in [0.25, 0.3) is 0 Å². The molecule has 0 radical (unpaired) electrons. The molecule has 2 aromatic rings. The van der Waals surface area contributed by atoms with Crippen molar-refractivity contribution in [3.63, 3.8) is 0 Å². The molecule has 1 aromatic carbocycles. The SMILES string of the molecule is CCOC(c1ccccc1)C(N)Cc1csc(C)n1. The molecule has 2 rings (SSSR count). The van der Waals surface area contributed by atoms with Crippen LogP contribution in [0.4, 0.5) is 0 Å². The van der Waals surface area contributed by atoms with E-state index in [1.54, 1.807) is 11.3 Å². The molecule has 0 spiro atoms. The number of benzene rings is 1. The van der Waals surface area contributed by atoms with E-state index in [4.69, 9.17) is 10.5 Å². The summed E-state index contributed by atoms with van der Waals surface area (Å²) in [6, 6.07) is 10.1. The molecule has 4 heteroatoms. The molecule has 0 aliphatic heterocycles. The molecule has 0 saturated carbocycles. The molecule has 3 nitrogen and oxygen atoms in total. The Hall–Kier alpha value is -1.23. The van der Waals surface area contributed by atoms with Gasteiger partial charge in [-0.3, -0.25) is 0 Å². The topological polar surface area (TPSA) is 48.1 Å². The lowest BCUT2D eigenvalue weighted by molar-refractivity contribution is 0.0431. The highest BCUT2D eigenvalue weighted by atomic mass is 32.1. The molecule has 0 aliphatic carbocycles. The van der Waals surface area contributed by atoms with Gasteiger partial charge in [-0.25, -0.2) is 4.98 Å². The number of nitrogens with zero attached hydrogens (tertiary/aromatic N) is 1. The largest absolute Gasteiger partial charge is 0.372 e. The first-order valence-electron chi connectivity index (χ1n) is 6.54. The fraction of sp³-hybridized carbons (Fsp3) is 0.400. The smallest absolute Gasteiger partial charge is 0.0979 e. The summed E-state index contributed by atoms with van der Waals surface area (Å²) in [4.78, 5) is 4.47. The van der Waals surface area contributed by atoms with Crippen molar-refractivity contribution in [3.05, 3.63) is 52.0 Å². The maximum atomic E-state index is 6.32. The van der Waals surface area contributed by atoms with Crippen molar-refractivity contribution in [2.45, 2.75) is 32.4 Å². The third kappa shape index (κ3) is 3.86. The van der Waals surface area contributed by atoms with Gasteiger partial charge in [-0.2, -0.15) is 0 Å². The fourth-order valence-electron chi connectivity index (χ4n) is 2.14. The van der Waals surface area contributed by atoms with E-state index < -0.39 is 0 Å². The van der Waals surface area contributed by atoms with Crippen molar-refractivity contribution in [1.82, 2.24) is 4.98 Å². The zero-order valence-corrected chi connectivity index (χ0v) is 12.2. The Bertz CT molecular complexity index is 498. The van der Waals surface area contributed by atoms with Crippen LogP contribution in [0.1, 0.15) is 29.3 Å². The van der Waals surface area contributed by atoms with Gasteiger partial charge in [-0.15, -0.1) is 11.3 Å². The summed E-state index contributed by atoms with van der Waals surface area (Å²) in [6.07, 6.45) is 0.664. The van der Waals surface area contributed by atoms with Crippen LogP contribution in [0.15, 0.2) is 35.7 Å². The summed E-state index contributed by atoms with van der Waals surface area (Å²) < 4.78 is 5.82. The lowest BCUT2D eigenvalue weighted by Gasteiger charge is -2.23. The van der Waals surface area contributed by atoms with Gasteiger partial charge in [0.25, 0.3) is 0 Å². The number of aryl methyl sites for hydroxylation is 1. The van der Waals surface area contributed by atoms with Gasteiger partial charge < -0.3 is 10.5 Å². The van der Waals surface area contributed by atoms with E-state index in [1.165, 1.54) is 0 Å². The molecule has 0 bridgehead atoms. The van der Waals surface area contributed by atoms with Crippen LogP contribution in [0.2, 0.25) is 0 Å². The first-order valence-corrected chi connectivity index (χ1v) is 7.41. The predicted molar refractivity (Wildman–Crippen MR) is 79.3 cm³/mol. The minimum absolute atomic E-state index is 0.0757. The van der Waals surface area contributed by atoms with E-state index in [1.807, 2.05) is 32.0 Å². The molecular formula is C15H20N2OS. The maximum Gasteiger partial charge on any atom is 0.0979 e. The predicted octanol–water partition coefficient (Wildman–Crippen LogP) is 3.10. The highest BCUT2D eigenvalue weighted by Crippen LogP contribution is 2.23. The lowest BCUT2D eigenvalue weighted by atomic mass is 9.99. The van der Waals surface area contributed by atoms with E-state index >= 15 is 0 Å². The maximum absolute atomic E-state index is 6.32. The van der Waals surface area contributed by atoms with E-state index in [0.717, 1.165) is 22.7 Å². The minimum Gasteiger partial charge on any atom is -0.372 e. The second-order valence-corrected chi connectivity index (χ2v) is 5.57. The zero-order chi connectivity index (χ0) is 13.7. The zero-order valence-electron chi connectivity index (χ0n) is 11.4. The average molecular weight is 276 g/mol. The Morgan fingerprint density at radius 1 is 1.32 bits per heavy atom. The summed E-state index contributed by atoms with van der Waals surface area (Å²) in [7, 11) is 0.